The second-order valence-corrected chi connectivity index (χ2v) is 4.87. The first-order valence-electron chi connectivity index (χ1n) is 5.35. The highest BCUT2D eigenvalue weighted by Crippen LogP contribution is 2.30. The van der Waals surface area contributed by atoms with Crippen LogP contribution in [0.15, 0.2) is 29.6 Å². The van der Waals surface area contributed by atoms with Crippen molar-refractivity contribution in [3.05, 3.63) is 35.2 Å². The maximum Gasteiger partial charge on any atom is 0.148 e. The van der Waals surface area contributed by atoms with Gasteiger partial charge >= 0.3 is 0 Å². The second-order valence-electron chi connectivity index (χ2n) is 3.96. The van der Waals surface area contributed by atoms with E-state index in [1.54, 1.807) is 18.4 Å². The number of aryl methyl sites for hydroxylation is 1. The van der Waals surface area contributed by atoms with E-state index in [0.29, 0.717) is 0 Å². The van der Waals surface area contributed by atoms with Crippen LogP contribution in [0.3, 0.4) is 0 Å². The van der Waals surface area contributed by atoms with Crippen molar-refractivity contribution < 1.29 is 4.74 Å². The molecule has 0 aliphatic carbocycles. The molecule has 0 fully saturated rings. The predicted octanol–water partition coefficient (Wildman–Crippen LogP) is 3.61. The molecule has 0 bridgehead atoms. The van der Waals surface area contributed by atoms with E-state index in [0.717, 1.165) is 27.5 Å². The molecule has 4 heteroatoms. The topological polar surface area (TPSA) is 37.9 Å². The SMILES string of the molecule is COc1csc(-c2nc3ccc(C)cc3[nH]2)c1. The number of H-pyrrole nitrogens is 1. The molecule has 0 atom stereocenters. The summed E-state index contributed by atoms with van der Waals surface area (Å²) in [4.78, 5) is 9.00. The van der Waals surface area contributed by atoms with Gasteiger partial charge in [-0.15, -0.1) is 11.3 Å². The second kappa shape index (κ2) is 3.89. The van der Waals surface area contributed by atoms with Crippen LogP contribution in [0.25, 0.3) is 21.7 Å². The molecule has 1 N–H and O–H groups in total. The fourth-order valence-corrected chi connectivity index (χ4v) is 2.59. The Morgan fingerprint density at radius 2 is 2.18 bits per heavy atom. The van der Waals surface area contributed by atoms with Gasteiger partial charge in [-0.05, 0) is 24.6 Å². The average molecular weight is 244 g/mol. The molecule has 1 aromatic carbocycles. The summed E-state index contributed by atoms with van der Waals surface area (Å²) < 4.78 is 5.18. The van der Waals surface area contributed by atoms with Crippen molar-refractivity contribution in [1.29, 1.82) is 0 Å². The summed E-state index contributed by atoms with van der Waals surface area (Å²) in [6, 6.07) is 8.21. The van der Waals surface area contributed by atoms with Gasteiger partial charge in [0, 0.05) is 11.4 Å². The van der Waals surface area contributed by atoms with E-state index in [4.69, 9.17) is 4.74 Å². The number of rotatable bonds is 2. The first-order chi connectivity index (χ1) is 8.26. The van der Waals surface area contributed by atoms with Gasteiger partial charge in [0.25, 0.3) is 0 Å². The number of thiophene rings is 1. The van der Waals surface area contributed by atoms with Crippen LogP contribution in [0.2, 0.25) is 0 Å². The van der Waals surface area contributed by atoms with Crippen molar-refractivity contribution in [2.24, 2.45) is 0 Å². The number of benzene rings is 1. The molecule has 0 unspecified atom stereocenters. The van der Waals surface area contributed by atoms with Gasteiger partial charge < -0.3 is 9.72 Å². The Bertz CT molecular complexity index is 669. The smallest absolute Gasteiger partial charge is 0.148 e. The van der Waals surface area contributed by atoms with Gasteiger partial charge in [0.05, 0.1) is 23.0 Å². The number of ether oxygens (including phenoxy) is 1. The Hall–Kier alpha value is -1.81. The number of methoxy groups -OCH3 is 1. The zero-order chi connectivity index (χ0) is 11.8. The van der Waals surface area contributed by atoms with E-state index in [1.165, 1.54) is 5.56 Å². The molecular formula is C13H12N2OS. The molecule has 0 amide bonds. The molecule has 2 heterocycles. The van der Waals surface area contributed by atoms with Gasteiger partial charge in [0.2, 0.25) is 0 Å². The summed E-state index contributed by atoms with van der Waals surface area (Å²) in [7, 11) is 1.67. The van der Waals surface area contributed by atoms with E-state index >= 15 is 0 Å². The molecule has 0 aliphatic heterocycles. The molecule has 0 saturated heterocycles. The fourth-order valence-electron chi connectivity index (χ4n) is 1.79. The number of hydrogen-bond acceptors (Lipinski definition) is 3. The first-order valence-corrected chi connectivity index (χ1v) is 6.23. The predicted molar refractivity (Wildman–Crippen MR) is 70.7 cm³/mol. The number of hydrogen-bond donors (Lipinski definition) is 1. The Morgan fingerprint density at radius 3 is 2.94 bits per heavy atom. The Kier molecular flexibility index (Phi) is 2.37. The molecular weight excluding hydrogens is 232 g/mol. The molecule has 0 radical (unpaired) electrons. The third-order valence-corrected chi connectivity index (χ3v) is 3.60. The standard InChI is InChI=1S/C13H12N2OS/c1-8-3-4-10-11(5-8)15-13(14-10)12-6-9(16-2)7-17-12/h3-7H,1-2H3,(H,14,15). The molecule has 0 spiro atoms. The molecule has 0 aliphatic rings. The normalized spacial score (nSPS) is 10.9. The lowest BCUT2D eigenvalue weighted by molar-refractivity contribution is 0.417. The van der Waals surface area contributed by atoms with Crippen LogP contribution in [0.4, 0.5) is 0 Å². The summed E-state index contributed by atoms with van der Waals surface area (Å²) in [5.74, 6) is 1.78. The van der Waals surface area contributed by atoms with Gasteiger partial charge in [0.1, 0.15) is 11.6 Å². The van der Waals surface area contributed by atoms with Crippen LogP contribution in [0.5, 0.6) is 5.75 Å². The van der Waals surface area contributed by atoms with Crippen LogP contribution >= 0.6 is 11.3 Å². The van der Waals surface area contributed by atoms with Crippen molar-refractivity contribution in [3.8, 4) is 16.5 Å². The Morgan fingerprint density at radius 1 is 1.29 bits per heavy atom. The molecule has 0 saturated carbocycles. The van der Waals surface area contributed by atoms with Gasteiger partial charge in [-0.3, -0.25) is 0 Å². The zero-order valence-electron chi connectivity index (χ0n) is 9.65. The monoisotopic (exact) mass is 244 g/mol. The van der Waals surface area contributed by atoms with Crippen LogP contribution in [-0.2, 0) is 0 Å². The van der Waals surface area contributed by atoms with Crippen molar-refractivity contribution in [3.63, 3.8) is 0 Å². The average Bonchev–Trinajstić information content (AvgIpc) is 2.93. The molecule has 3 rings (SSSR count). The summed E-state index contributed by atoms with van der Waals surface area (Å²) in [6.45, 7) is 2.08. The number of nitrogens with zero attached hydrogens (tertiary/aromatic N) is 1. The molecule has 3 aromatic rings. The summed E-state index contributed by atoms with van der Waals surface area (Å²) in [5.41, 5.74) is 3.31. The van der Waals surface area contributed by atoms with Crippen molar-refractivity contribution in [2.45, 2.75) is 6.92 Å². The van der Waals surface area contributed by atoms with Gasteiger partial charge in [0.15, 0.2) is 0 Å². The van der Waals surface area contributed by atoms with Crippen LogP contribution in [-0.4, -0.2) is 17.1 Å². The van der Waals surface area contributed by atoms with Crippen LogP contribution in [0, 0.1) is 6.92 Å². The van der Waals surface area contributed by atoms with Crippen LogP contribution in [0.1, 0.15) is 5.56 Å². The van der Waals surface area contributed by atoms with E-state index < -0.39 is 0 Å². The molecule has 86 valence electrons. The van der Waals surface area contributed by atoms with Crippen molar-refractivity contribution >= 4 is 22.4 Å². The van der Waals surface area contributed by atoms with E-state index in [9.17, 15) is 0 Å². The number of fused-ring (bicyclic) bond motifs is 1. The number of imidazole rings is 1. The van der Waals surface area contributed by atoms with E-state index in [1.807, 2.05) is 17.5 Å². The summed E-state index contributed by atoms with van der Waals surface area (Å²) in [5, 5.41) is 1.98. The largest absolute Gasteiger partial charge is 0.496 e. The highest BCUT2D eigenvalue weighted by atomic mass is 32.1. The third-order valence-electron chi connectivity index (χ3n) is 2.68. The Balaban J connectivity index is 2.11. The molecule has 2 aromatic heterocycles. The minimum Gasteiger partial charge on any atom is -0.496 e. The maximum absolute atomic E-state index is 5.18. The lowest BCUT2D eigenvalue weighted by Crippen LogP contribution is -1.77. The number of aromatic amines is 1. The number of nitrogens with one attached hydrogen (secondary N) is 1. The minimum atomic E-state index is 0.877. The minimum absolute atomic E-state index is 0.877. The molecule has 17 heavy (non-hydrogen) atoms. The summed E-state index contributed by atoms with van der Waals surface area (Å²) >= 11 is 1.63. The lowest BCUT2D eigenvalue weighted by atomic mass is 10.2. The fraction of sp³-hybridized carbons (Fsp3) is 0.154. The highest BCUT2D eigenvalue weighted by Gasteiger charge is 2.08. The van der Waals surface area contributed by atoms with Gasteiger partial charge in [-0.2, -0.15) is 0 Å². The van der Waals surface area contributed by atoms with Gasteiger partial charge in [-0.25, -0.2) is 4.98 Å². The highest BCUT2D eigenvalue weighted by molar-refractivity contribution is 7.13. The van der Waals surface area contributed by atoms with E-state index in [2.05, 4.69) is 29.0 Å². The van der Waals surface area contributed by atoms with Gasteiger partial charge in [-0.1, -0.05) is 6.07 Å². The van der Waals surface area contributed by atoms with Crippen LogP contribution < -0.4 is 4.74 Å². The summed E-state index contributed by atoms with van der Waals surface area (Å²) in [6.07, 6.45) is 0. The zero-order valence-corrected chi connectivity index (χ0v) is 10.5. The van der Waals surface area contributed by atoms with Crippen molar-refractivity contribution in [1.82, 2.24) is 9.97 Å². The third kappa shape index (κ3) is 1.80. The Labute approximate surface area is 103 Å². The maximum atomic E-state index is 5.18. The number of aromatic nitrogens is 2. The molecule has 3 nitrogen and oxygen atoms in total. The van der Waals surface area contributed by atoms with E-state index in [-0.39, 0.29) is 0 Å². The van der Waals surface area contributed by atoms with Crippen molar-refractivity contribution in [2.75, 3.05) is 7.11 Å². The quantitative estimate of drug-likeness (QED) is 0.747. The lowest BCUT2D eigenvalue weighted by Gasteiger charge is -1.90. The first kappa shape index (κ1) is 10.4.